The summed E-state index contributed by atoms with van der Waals surface area (Å²) in [4.78, 5) is 14.8. The Morgan fingerprint density at radius 2 is 1.95 bits per heavy atom. The van der Waals surface area contributed by atoms with E-state index in [9.17, 15) is 13.2 Å². The Hall–Kier alpha value is -2.16. The third-order valence-electron chi connectivity index (χ3n) is 2.55. The Balaban J connectivity index is 2.21. The number of nitrogens with one attached hydrogen (secondary N) is 2. The van der Waals surface area contributed by atoms with E-state index in [1.54, 1.807) is 12.1 Å². The second-order valence-corrected chi connectivity index (χ2v) is 6.28. The number of aliphatic hydroxyl groups excluding tert-OH is 1. The number of benzene rings is 1. The van der Waals surface area contributed by atoms with Crippen LogP contribution in [0.1, 0.15) is 0 Å². The highest BCUT2D eigenvalue weighted by molar-refractivity contribution is 7.92. The Morgan fingerprint density at radius 3 is 2.59 bits per heavy atom. The molecule has 0 radical (unpaired) electrons. The maximum absolute atomic E-state index is 12.2. The lowest BCUT2D eigenvalue weighted by Crippen LogP contribution is -2.16. The summed E-state index contributed by atoms with van der Waals surface area (Å²) >= 11 is 5.62. The van der Waals surface area contributed by atoms with Gasteiger partial charge in [-0.05, 0) is 30.3 Å². The van der Waals surface area contributed by atoms with Crippen molar-refractivity contribution in [3.63, 3.8) is 0 Å². The van der Waals surface area contributed by atoms with Crippen molar-refractivity contribution in [3.8, 4) is 0 Å². The van der Waals surface area contributed by atoms with Crippen LogP contribution in [0.5, 0.6) is 0 Å². The third-order valence-corrected chi connectivity index (χ3v) is 4.14. The first kappa shape index (κ1) is 16.2. The van der Waals surface area contributed by atoms with Crippen LogP contribution in [0, 0.1) is 0 Å². The predicted molar refractivity (Wildman–Crippen MR) is 82.2 cm³/mol. The second-order valence-electron chi connectivity index (χ2n) is 4.21. The number of nitrogens with zero attached hydrogens (tertiary/aromatic N) is 1. The van der Waals surface area contributed by atoms with Crippen LogP contribution in [0.3, 0.4) is 0 Å². The van der Waals surface area contributed by atoms with Gasteiger partial charge in [-0.3, -0.25) is 9.52 Å². The van der Waals surface area contributed by atoms with Crippen molar-refractivity contribution < 1.29 is 18.3 Å². The number of anilines is 2. The van der Waals surface area contributed by atoms with Gasteiger partial charge >= 0.3 is 0 Å². The van der Waals surface area contributed by atoms with Crippen molar-refractivity contribution >= 4 is 38.9 Å². The number of hydrogen-bond acceptors (Lipinski definition) is 5. The van der Waals surface area contributed by atoms with E-state index in [4.69, 9.17) is 16.7 Å². The van der Waals surface area contributed by atoms with Gasteiger partial charge in [0.1, 0.15) is 16.7 Å². The van der Waals surface area contributed by atoms with Crippen molar-refractivity contribution in [2.45, 2.75) is 4.90 Å². The van der Waals surface area contributed by atoms with Gasteiger partial charge in [0.15, 0.2) is 0 Å². The largest absolute Gasteiger partial charge is 0.387 e. The Kier molecular flexibility index (Phi) is 4.96. The molecule has 0 atom stereocenters. The van der Waals surface area contributed by atoms with Gasteiger partial charge in [0, 0.05) is 11.9 Å². The summed E-state index contributed by atoms with van der Waals surface area (Å²) in [7, 11) is -3.81. The number of sulfonamides is 1. The molecule has 1 heterocycles. The van der Waals surface area contributed by atoms with Crippen molar-refractivity contribution in [3.05, 3.63) is 47.7 Å². The van der Waals surface area contributed by atoms with Crippen LogP contribution in [0.2, 0.25) is 5.15 Å². The molecule has 3 N–H and O–H groups in total. The molecule has 0 saturated heterocycles. The first-order chi connectivity index (χ1) is 10.4. The Bertz CT molecular complexity index is 778. The molecule has 0 aliphatic carbocycles. The highest BCUT2D eigenvalue weighted by Crippen LogP contribution is 2.19. The summed E-state index contributed by atoms with van der Waals surface area (Å²) in [6.07, 6.45) is 1.14. The molecule has 22 heavy (non-hydrogen) atoms. The molecular weight excluding hydrogens is 330 g/mol. The van der Waals surface area contributed by atoms with Crippen LogP contribution in [-0.2, 0) is 14.8 Å². The number of halogens is 1. The van der Waals surface area contributed by atoms with E-state index in [-0.39, 0.29) is 15.7 Å². The Morgan fingerprint density at radius 1 is 1.23 bits per heavy atom. The minimum atomic E-state index is -3.81. The molecule has 0 spiro atoms. The molecule has 9 heteroatoms. The molecule has 2 rings (SSSR count). The fourth-order valence-electron chi connectivity index (χ4n) is 1.60. The van der Waals surface area contributed by atoms with Gasteiger partial charge in [-0.2, -0.15) is 0 Å². The van der Waals surface area contributed by atoms with Crippen LogP contribution in [-0.4, -0.2) is 31.0 Å². The van der Waals surface area contributed by atoms with Gasteiger partial charge < -0.3 is 10.4 Å². The summed E-state index contributed by atoms with van der Waals surface area (Å²) in [6.45, 7) is -0.660. The van der Waals surface area contributed by atoms with E-state index < -0.39 is 22.5 Å². The number of pyridine rings is 1. The highest BCUT2D eigenvalue weighted by Gasteiger charge is 2.15. The van der Waals surface area contributed by atoms with Crippen LogP contribution in [0.4, 0.5) is 11.4 Å². The van der Waals surface area contributed by atoms with Gasteiger partial charge in [-0.25, -0.2) is 13.4 Å². The molecule has 0 saturated carbocycles. The first-order valence-electron chi connectivity index (χ1n) is 6.06. The minimum Gasteiger partial charge on any atom is -0.387 e. The van der Waals surface area contributed by atoms with E-state index in [1.807, 2.05) is 0 Å². The van der Waals surface area contributed by atoms with Crippen LogP contribution >= 0.6 is 11.6 Å². The maximum atomic E-state index is 12.2. The molecule has 0 fully saturated rings. The van der Waals surface area contributed by atoms with Crippen molar-refractivity contribution in [2.24, 2.45) is 0 Å². The predicted octanol–water partition coefficient (Wildman–Crippen LogP) is 1.47. The zero-order chi connectivity index (χ0) is 16.2. The van der Waals surface area contributed by atoms with E-state index in [2.05, 4.69) is 15.0 Å². The zero-order valence-electron chi connectivity index (χ0n) is 11.2. The number of hydrogen-bond donors (Lipinski definition) is 3. The number of aliphatic hydroxyl groups is 1. The van der Waals surface area contributed by atoms with Gasteiger partial charge in [-0.15, -0.1) is 0 Å². The highest BCUT2D eigenvalue weighted by atomic mass is 35.5. The normalized spacial score (nSPS) is 11.0. The Labute approximate surface area is 132 Å². The fourth-order valence-corrected chi connectivity index (χ4v) is 2.70. The number of aromatic nitrogens is 1. The first-order valence-corrected chi connectivity index (χ1v) is 7.92. The number of amides is 1. The van der Waals surface area contributed by atoms with Crippen molar-refractivity contribution in [1.29, 1.82) is 0 Å². The molecule has 0 unspecified atom stereocenters. The summed E-state index contributed by atoms with van der Waals surface area (Å²) < 4.78 is 26.7. The van der Waals surface area contributed by atoms with Crippen molar-refractivity contribution in [1.82, 2.24) is 4.98 Å². The summed E-state index contributed by atoms with van der Waals surface area (Å²) in [5.74, 6) is -0.595. The summed E-state index contributed by atoms with van der Waals surface area (Å²) in [6, 6.07) is 8.77. The molecular formula is C13H12ClN3O4S. The molecule has 2 aromatic rings. The monoisotopic (exact) mass is 341 g/mol. The molecule has 0 bridgehead atoms. The van der Waals surface area contributed by atoms with Crippen LogP contribution in [0.25, 0.3) is 0 Å². The average molecular weight is 342 g/mol. The average Bonchev–Trinajstić information content (AvgIpc) is 2.47. The van der Waals surface area contributed by atoms with Gasteiger partial charge in [0.25, 0.3) is 10.0 Å². The summed E-state index contributed by atoms with van der Waals surface area (Å²) in [5.41, 5.74) is 0.610. The van der Waals surface area contributed by atoms with E-state index in [0.717, 1.165) is 6.20 Å². The third kappa shape index (κ3) is 4.17. The molecule has 0 aliphatic rings. The van der Waals surface area contributed by atoms with Gasteiger partial charge in [0.2, 0.25) is 5.91 Å². The second kappa shape index (κ2) is 6.73. The molecule has 0 aliphatic heterocycles. The molecule has 1 aromatic carbocycles. The zero-order valence-corrected chi connectivity index (χ0v) is 12.7. The SMILES string of the molecule is O=C(CO)Nc1cccc(NS(=O)(=O)c2ccc(Cl)nc2)c1. The fraction of sp³-hybridized carbons (Fsp3) is 0.0769. The van der Waals surface area contributed by atoms with Crippen LogP contribution in [0.15, 0.2) is 47.5 Å². The molecule has 1 aromatic heterocycles. The lowest BCUT2D eigenvalue weighted by Gasteiger charge is -2.10. The van der Waals surface area contributed by atoms with E-state index in [1.165, 1.54) is 24.3 Å². The standard InChI is InChI=1S/C13H12ClN3O4S/c14-12-5-4-11(7-15-12)22(20,21)17-10-3-1-2-9(6-10)16-13(19)8-18/h1-7,17-18H,8H2,(H,16,19). The number of rotatable bonds is 5. The number of carbonyl (C=O) groups excluding carboxylic acids is 1. The molecule has 1 amide bonds. The van der Waals surface area contributed by atoms with Gasteiger partial charge in [0.05, 0.1) is 5.69 Å². The van der Waals surface area contributed by atoms with Crippen LogP contribution < -0.4 is 10.0 Å². The lowest BCUT2D eigenvalue weighted by molar-refractivity contribution is -0.118. The molecule has 7 nitrogen and oxygen atoms in total. The van der Waals surface area contributed by atoms with Gasteiger partial charge in [-0.1, -0.05) is 17.7 Å². The minimum absolute atomic E-state index is 0.0401. The summed E-state index contributed by atoms with van der Waals surface area (Å²) in [5, 5.41) is 11.3. The van der Waals surface area contributed by atoms with E-state index in [0.29, 0.717) is 5.69 Å². The quantitative estimate of drug-likeness (QED) is 0.713. The smallest absolute Gasteiger partial charge is 0.263 e. The van der Waals surface area contributed by atoms with E-state index >= 15 is 0 Å². The topological polar surface area (TPSA) is 108 Å². The number of carbonyl (C=O) groups is 1. The van der Waals surface area contributed by atoms with Crippen molar-refractivity contribution in [2.75, 3.05) is 16.6 Å². The lowest BCUT2D eigenvalue weighted by atomic mass is 10.3. The maximum Gasteiger partial charge on any atom is 0.263 e. The molecule has 116 valence electrons.